The quantitative estimate of drug-likeness (QED) is 0.922. The maximum Gasteiger partial charge on any atom is 0.264 e. The second-order valence-corrected chi connectivity index (χ2v) is 6.03. The molecule has 96 valence electrons. The molecule has 8 heteroatoms. The first-order valence-corrected chi connectivity index (χ1v) is 7.29. The lowest BCUT2D eigenvalue weighted by molar-refractivity contribution is 0.600. The van der Waals surface area contributed by atoms with Crippen molar-refractivity contribution < 1.29 is 8.42 Å². The van der Waals surface area contributed by atoms with Crippen LogP contribution in [0.1, 0.15) is 5.69 Å². The molecule has 2 aromatic heterocycles. The second kappa shape index (κ2) is 5.34. The smallest absolute Gasteiger partial charge is 0.264 e. The number of nitrogens with zero attached hydrogens (tertiary/aromatic N) is 3. The molecule has 0 atom stereocenters. The van der Waals surface area contributed by atoms with Crippen molar-refractivity contribution in [1.29, 1.82) is 5.26 Å². The Bertz CT molecular complexity index is 755. The lowest BCUT2D eigenvalue weighted by Crippen LogP contribution is -2.15. The molecule has 0 aliphatic carbocycles. The molecule has 0 amide bonds. The van der Waals surface area contributed by atoms with Gasteiger partial charge in [0.25, 0.3) is 10.0 Å². The molecule has 0 aromatic carbocycles. The summed E-state index contributed by atoms with van der Waals surface area (Å²) in [4.78, 5) is 7.40. The molecule has 0 aliphatic rings. The molecule has 0 saturated heterocycles. The van der Waals surface area contributed by atoms with Crippen molar-refractivity contribution in [1.82, 2.24) is 9.97 Å². The van der Waals surface area contributed by atoms with Gasteiger partial charge in [0.15, 0.2) is 5.69 Å². The van der Waals surface area contributed by atoms with Crippen molar-refractivity contribution in [2.24, 2.45) is 0 Å². The summed E-state index contributed by atoms with van der Waals surface area (Å²) in [5, 5.41) is 8.87. The lowest BCUT2D eigenvalue weighted by atomic mass is 10.4. The van der Waals surface area contributed by atoms with E-state index in [9.17, 15) is 8.42 Å². The summed E-state index contributed by atoms with van der Waals surface area (Å²) in [6.07, 6.45) is 4.26. The van der Waals surface area contributed by atoms with E-state index >= 15 is 0 Å². The van der Waals surface area contributed by atoms with Crippen LogP contribution >= 0.6 is 15.9 Å². The first-order valence-electron chi connectivity index (χ1n) is 5.01. The zero-order chi connectivity index (χ0) is 13.9. The van der Waals surface area contributed by atoms with Gasteiger partial charge in [-0.2, -0.15) is 5.26 Å². The van der Waals surface area contributed by atoms with Crippen LogP contribution in [0.3, 0.4) is 0 Å². The third-order valence-corrected chi connectivity index (χ3v) is 3.97. The minimum Gasteiger partial charge on any atom is -0.278 e. The zero-order valence-corrected chi connectivity index (χ0v) is 11.8. The Kier molecular flexibility index (Phi) is 3.78. The van der Waals surface area contributed by atoms with E-state index in [4.69, 9.17) is 5.26 Å². The number of halogens is 1. The van der Waals surface area contributed by atoms with Gasteiger partial charge in [-0.3, -0.25) is 9.71 Å². The van der Waals surface area contributed by atoms with Crippen molar-refractivity contribution in [3.8, 4) is 6.07 Å². The first kappa shape index (κ1) is 13.5. The molecule has 0 spiro atoms. The number of hydrogen-bond acceptors (Lipinski definition) is 5. The van der Waals surface area contributed by atoms with Crippen molar-refractivity contribution >= 4 is 31.6 Å². The average Bonchev–Trinajstić information content (AvgIpc) is 2.38. The summed E-state index contributed by atoms with van der Waals surface area (Å²) < 4.78 is 27.3. The van der Waals surface area contributed by atoms with Gasteiger partial charge in [-0.15, -0.1) is 0 Å². The van der Waals surface area contributed by atoms with Gasteiger partial charge in [-0.25, -0.2) is 13.4 Å². The number of aromatic nitrogens is 2. The molecule has 1 N–H and O–H groups in total. The molecule has 0 radical (unpaired) electrons. The van der Waals surface area contributed by atoms with Crippen molar-refractivity contribution in [2.45, 2.75) is 4.90 Å². The van der Waals surface area contributed by atoms with Gasteiger partial charge in [0.1, 0.15) is 11.0 Å². The predicted octanol–water partition coefficient (Wildman–Crippen LogP) is 1.91. The Labute approximate surface area is 118 Å². The average molecular weight is 339 g/mol. The van der Waals surface area contributed by atoms with Crippen molar-refractivity contribution in [3.63, 3.8) is 0 Å². The fourth-order valence-electron chi connectivity index (χ4n) is 1.37. The summed E-state index contributed by atoms with van der Waals surface area (Å²) in [5.74, 6) is 0. The maximum absolute atomic E-state index is 12.1. The SMILES string of the molecule is N#Cc1ncccc1S(=O)(=O)Nc1cncc(Br)c1. The van der Waals surface area contributed by atoms with Gasteiger partial charge >= 0.3 is 0 Å². The van der Waals surface area contributed by atoms with E-state index in [1.165, 1.54) is 30.7 Å². The third kappa shape index (κ3) is 3.07. The van der Waals surface area contributed by atoms with Crippen molar-refractivity contribution in [3.05, 3.63) is 47.0 Å². The van der Waals surface area contributed by atoms with Crippen LogP contribution in [0.4, 0.5) is 5.69 Å². The van der Waals surface area contributed by atoms with Crippen LogP contribution in [-0.4, -0.2) is 18.4 Å². The summed E-state index contributed by atoms with van der Waals surface area (Å²) in [7, 11) is -3.87. The van der Waals surface area contributed by atoms with E-state index in [-0.39, 0.29) is 10.6 Å². The van der Waals surface area contributed by atoms with Gasteiger partial charge in [-0.05, 0) is 34.1 Å². The zero-order valence-electron chi connectivity index (χ0n) is 9.41. The topological polar surface area (TPSA) is 95.7 Å². The molecular formula is C11H7BrN4O2S. The molecule has 19 heavy (non-hydrogen) atoms. The summed E-state index contributed by atoms with van der Waals surface area (Å²) in [6, 6.07) is 6.08. The van der Waals surface area contributed by atoms with E-state index in [2.05, 4.69) is 30.6 Å². The molecule has 0 aliphatic heterocycles. The minimum atomic E-state index is -3.87. The summed E-state index contributed by atoms with van der Waals surface area (Å²) >= 11 is 3.19. The Morgan fingerprint density at radius 2 is 2.16 bits per heavy atom. The Morgan fingerprint density at radius 3 is 2.84 bits per heavy atom. The first-order chi connectivity index (χ1) is 9.03. The largest absolute Gasteiger partial charge is 0.278 e. The third-order valence-electron chi connectivity index (χ3n) is 2.12. The van der Waals surface area contributed by atoms with E-state index in [1.807, 2.05) is 0 Å². The number of nitriles is 1. The standard InChI is InChI=1S/C11H7BrN4O2S/c12-8-4-9(7-14-6-8)16-19(17,18)11-2-1-3-15-10(11)5-13/h1-4,6-7,16H. The molecule has 6 nitrogen and oxygen atoms in total. The Hall–Kier alpha value is -1.98. The highest BCUT2D eigenvalue weighted by molar-refractivity contribution is 9.10. The van der Waals surface area contributed by atoms with E-state index < -0.39 is 10.0 Å². The van der Waals surface area contributed by atoms with Gasteiger partial charge in [-0.1, -0.05) is 0 Å². The minimum absolute atomic E-state index is 0.155. The normalized spacial score (nSPS) is 10.7. The van der Waals surface area contributed by atoms with Crippen molar-refractivity contribution in [2.75, 3.05) is 4.72 Å². The number of sulfonamides is 1. The summed E-state index contributed by atoms with van der Waals surface area (Å²) in [6.45, 7) is 0. The fourth-order valence-corrected chi connectivity index (χ4v) is 2.88. The number of pyridine rings is 2. The molecule has 0 saturated carbocycles. The fraction of sp³-hybridized carbons (Fsp3) is 0. The van der Waals surface area contributed by atoms with Crippen LogP contribution < -0.4 is 4.72 Å². The molecule has 2 rings (SSSR count). The van der Waals surface area contributed by atoms with Crippen LogP contribution in [0.5, 0.6) is 0 Å². The molecule has 2 aromatic rings. The Balaban J connectivity index is 2.41. The van der Waals surface area contributed by atoms with E-state index in [1.54, 1.807) is 12.1 Å². The highest BCUT2D eigenvalue weighted by Gasteiger charge is 2.19. The van der Waals surface area contributed by atoms with Crippen LogP contribution in [0, 0.1) is 11.3 Å². The molecule has 0 bridgehead atoms. The Morgan fingerprint density at radius 1 is 1.37 bits per heavy atom. The van der Waals surface area contributed by atoms with Gasteiger partial charge < -0.3 is 0 Å². The number of rotatable bonds is 3. The van der Waals surface area contributed by atoms with Crippen LogP contribution in [0.25, 0.3) is 0 Å². The predicted molar refractivity (Wildman–Crippen MR) is 71.7 cm³/mol. The second-order valence-electron chi connectivity index (χ2n) is 3.46. The van der Waals surface area contributed by atoms with Crippen LogP contribution in [-0.2, 0) is 10.0 Å². The highest BCUT2D eigenvalue weighted by atomic mass is 79.9. The number of anilines is 1. The monoisotopic (exact) mass is 338 g/mol. The lowest BCUT2D eigenvalue weighted by Gasteiger charge is -2.08. The highest BCUT2D eigenvalue weighted by Crippen LogP contribution is 2.19. The van der Waals surface area contributed by atoms with E-state index in [0.717, 1.165) is 0 Å². The van der Waals surface area contributed by atoms with Crippen LogP contribution in [0.2, 0.25) is 0 Å². The van der Waals surface area contributed by atoms with Gasteiger partial charge in [0.2, 0.25) is 0 Å². The number of nitrogens with one attached hydrogen (secondary N) is 1. The molecular weight excluding hydrogens is 332 g/mol. The molecule has 0 unspecified atom stereocenters. The van der Waals surface area contributed by atoms with Gasteiger partial charge in [0.05, 0.1) is 11.9 Å². The van der Waals surface area contributed by atoms with Crippen LogP contribution in [0.15, 0.2) is 46.2 Å². The maximum atomic E-state index is 12.1. The molecule has 0 fully saturated rings. The van der Waals surface area contributed by atoms with Gasteiger partial charge in [0, 0.05) is 16.9 Å². The number of hydrogen-bond donors (Lipinski definition) is 1. The summed E-state index contributed by atoms with van der Waals surface area (Å²) in [5.41, 5.74) is 0.139. The molecule has 2 heterocycles. The van der Waals surface area contributed by atoms with E-state index in [0.29, 0.717) is 10.2 Å².